The van der Waals surface area contributed by atoms with Crippen molar-refractivity contribution in [3.63, 3.8) is 0 Å². The summed E-state index contributed by atoms with van der Waals surface area (Å²) < 4.78 is 5.23. The molecule has 1 amide bonds. The molecule has 0 fully saturated rings. The van der Waals surface area contributed by atoms with E-state index in [0.717, 1.165) is 5.56 Å². The molecule has 2 aromatic rings. The molecule has 1 N–H and O–H groups in total. The number of carbonyl (C=O) groups excluding carboxylic acids is 2. The lowest BCUT2D eigenvalue weighted by Crippen LogP contribution is -2.13. The molecule has 0 aliphatic carbocycles. The number of ketones is 1. The Hall–Kier alpha value is -2.33. The highest BCUT2D eigenvalue weighted by Gasteiger charge is 2.11. The molecule has 0 bridgehead atoms. The summed E-state index contributed by atoms with van der Waals surface area (Å²) in [4.78, 5) is 24.1. The lowest BCUT2D eigenvalue weighted by atomic mass is 10.1. The smallest absolute Gasteiger partial charge is 0.224 e. The highest BCUT2D eigenvalue weighted by atomic mass is 35.5. The van der Waals surface area contributed by atoms with Crippen LogP contribution in [0.15, 0.2) is 42.5 Å². The van der Waals surface area contributed by atoms with Gasteiger partial charge in [-0.3, -0.25) is 9.59 Å². The van der Waals surface area contributed by atoms with Crippen molar-refractivity contribution in [3.05, 3.63) is 58.6 Å². The maximum absolute atomic E-state index is 12.1. The van der Waals surface area contributed by atoms with E-state index in [-0.39, 0.29) is 18.1 Å². The van der Waals surface area contributed by atoms with Crippen LogP contribution in [0.2, 0.25) is 5.02 Å². The van der Waals surface area contributed by atoms with Gasteiger partial charge in [-0.2, -0.15) is 0 Å². The van der Waals surface area contributed by atoms with Crippen molar-refractivity contribution in [1.29, 1.82) is 0 Å². The summed E-state index contributed by atoms with van der Waals surface area (Å²) in [5, 5.41) is 3.39. The first-order valence-electron chi connectivity index (χ1n) is 7.73. The summed E-state index contributed by atoms with van der Waals surface area (Å²) in [5.74, 6) is 0.401. The average Bonchev–Trinajstić information content (AvgIpc) is 2.58. The van der Waals surface area contributed by atoms with Crippen molar-refractivity contribution in [2.45, 2.75) is 26.2 Å². The van der Waals surface area contributed by atoms with Crippen LogP contribution in [0.5, 0.6) is 5.75 Å². The third-order valence-electron chi connectivity index (χ3n) is 3.66. The zero-order valence-electron chi connectivity index (χ0n) is 13.8. The lowest BCUT2D eigenvalue weighted by molar-refractivity contribution is -0.116. The van der Waals surface area contributed by atoms with E-state index in [2.05, 4.69) is 5.32 Å². The largest absolute Gasteiger partial charge is 0.495 e. The summed E-state index contributed by atoms with van der Waals surface area (Å²) in [6.07, 6.45) is 1.10. The Balaban J connectivity index is 1.88. The SMILES string of the molecule is COc1cc(Cl)c(C)cc1NC(=O)CCCC(=O)c1ccccc1. The third kappa shape index (κ3) is 4.83. The van der Waals surface area contributed by atoms with Gasteiger partial charge in [0, 0.05) is 29.5 Å². The fraction of sp³-hybridized carbons (Fsp3) is 0.263. The van der Waals surface area contributed by atoms with Gasteiger partial charge in [-0.05, 0) is 25.0 Å². The molecular formula is C19H20ClNO3. The molecule has 0 aromatic heterocycles. The van der Waals surface area contributed by atoms with Gasteiger partial charge in [0.05, 0.1) is 12.8 Å². The van der Waals surface area contributed by atoms with E-state index in [1.807, 2.05) is 25.1 Å². The quantitative estimate of drug-likeness (QED) is 0.743. The molecule has 0 atom stereocenters. The second-order valence-electron chi connectivity index (χ2n) is 5.49. The van der Waals surface area contributed by atoms with Crippen LogP contribution in [0.3, 0.4) is 0 Å². The van der Waals surface area contributed by atoms with Crippen molar-refractivity contribution in [2.24, 2.45) is 0 Å². The molecule has 4 nitrogen and oxygen atoms in total. The Morgan fingerprint density at radius 3 is 2.50 bits per heavy atom. The fourth-order valence-corrected chi connectivity index (χ4v) is 2.47. The number of amides is 1. The molecule has 0 spiro atoms. The highest BCUT2D eigenvalue weighted by molar-refractivity contribution is 6.31. The van der Waals surface area contributed by atoms with Crippen LogP contribution in [0, 0.1) is 6.92 Å². The number of hydrogen-bond acceptors (Lipinski definition) is 3. The Morgan fingerprint density at radius 1 is 1.12 bits per heavy atom. The molecule has 0 radical (unpaired) electrons. The minimum Gasteiger partial charge on any atom is -0.495 e. The van der Waals surface area contributed by atoms with Gasteiger partial charge >= 0.3 is 0 Å². The van der Waals surface area contributed by atoms with Gasteiger partial charge < -0.3 is 10.1 Å². The number of carbonyl (C=O) groups is 2. The van der Waals surface area contributed by atoms with Crippen molar-refractivity contribution in [1.82, 2.24) is 0 Å². The number of hydrogen-bond donors (Lipinski definition) is 1. The summed E-state index contributed by atoms with van der Waals surface area (Å²) in [5.41, 5.74) is 2.11. The van der Waals surface area contributed by atoms with Crippen LogP contribution >= 0.6 is 11.6 Å². The first kappa shape index (κ1) is 18.0. The Labute approximate surface area is 146 Å². The molecule has 0 unspecified atom stereocenters. The number of Topliss-reactive ketones (excluding diaryl/α,β-unsaturated/α-hetero) is 1. The van der Waals surface area contributed by atoms with Gasteiger partial charge in [0.2, 0.25) is 5.91 Å². The first-order chi connectivity index (χ1) is 11.5. The number of rotatable bonds is 7. The number of benzene rings is 2. The summed E-state index contributed by atoms with van der Waals surface area (Å²) in [7, 11) is 1.52. The standard InChI is InChI=1S/C19H20ClNO3/c1-13-11-16(18(24-2)12-15(13)20)21-19(23)10-6-9-17(22)14-7-4-3-5-8-14/h3-5,7-8,11-12H,6,9-10H2,1-2H3,(H,21,23). The number of anilines is 1. The van der Waals surface area contributed by atoms with Gasteiger partial charge in [-0.25, -0.2) is 0 Å². The maximum atomic E-state index is 12.1. The minimum atomic E-state index is -0.157. The van der Waals surface area contributed by atoms with Crippen LogP contribution in [-0.4, -0.2) is 18.8 Å². The van der Waals surface area contributed by atoms with Gasteiger partial charge in [-0.15, -0.1) is 0 Å². The van der Waals surface area contributed by atoms with Crippen LogP contribution in [0.4, 0.5) is 5.69 Å². The van der Waals surface area contributed by atoms with Crippen LogP contribution < -0.4 is 10.1 Å². The Morgan fingerprint density at radius 2 is 1.83 bits per heavy atom. The summed E-state index contributed by atoms with van der Waals surface area (Å²) in [6.45, 7) is 1.86. The zero-order chi connectivity index (χ0) is 17.5. The van der Waals surface area contributed by atoms with Crippen molar-refractivity contribution >= 4 is 29.0 Å². The Kier molecular flexibility index (Phi) is 6.38. The van der Waals surface area contributed by atoms with E-state index >= 15 is 0 Å². The lowest BCUT2D eigenvalue weighted by Gasteiger charge is -2.12. The number of methoxy groups -OCH3 is 1. The second kappa shape index (κ2) is 8.50. The molecule has 0 heterocycles. The average molecular weight is 346 g/mol. The second-order valence-corrected chi connectivity index (χ2v) is 5.90. The van der Waals surface area contributed by atoms with Crippen LogP contribution in [0.25, 0.3) is 0 Å². The summed E-state index contributed by atoms with van der Waals surface area (Å²) >= 11 is 6.05. The Bertz CT molecular complexity index is 729. The topological polar surface area (TPSA) is 55.4 Å². The van der Waals surface area contributed by atoms with E-state index in [4.69, 9.17) is 16.3 Å². The number of halogens is 1. The van der Waals surface area contributed by atoms with Crippen molar-refractivity contribution < 1.29 is 14.3 Å². The number of nitrogens with one attached hydrogen (secondary N) is 1. The van der Waals surface area contributed by atoms with Crippen molar-refractivity contribution in [2.75, 3.05) is 12.4 Å². The maximum Gasteiger partial charge on any atom is 0.224 e. The highest BCUT2D eigenvalue weighted by Crippen LogP contribution is 2.31. The third-order valence-corrected chi connectivity index (χ3v) is 4.07. The molecule has 24 heavy (non-hydrogen) atoms. The fourth-order valence-electron chi connectivity index (χ4n) is 2.32. The minimum absolute atomic E-state index is 0.0447. The van der Waals surface area contributed by atoms with Gasteiger partial charge in [0.15, 0.2) is 5.78 Å². The van der Waals surface area contributed by atoms with E-state index in [1.165, 1.54) is 7.11 Å². The predicted molar refractivity (Wildman–Crippen MR) is 96.0 cm³/mol. The first-order valence-corrected chi connectivity index (χ1v) is 8.11. The molecular weight excluding hydrogens is 326 g/mol. The molecule has 0 aliphatic rings. The van der Waals surface area contributed by atoms with Gasteiger partial charge in [0.1, 0.15) is 5.75 Å². The number of aryl methyl sites for hydroxylation is 1. The number of ether oxygens (including phenoxy) is 1. The molecule has 126 valence electrons. The predicted octanol–water partition coefficient (Wildman–Crippen LogP) is 4.65. The molecule has 0 aliphatic heterocycles. The van der Waals surface area contributed by atoms with Gasteiger partial charge in [-0.1, -0.05) is 41.9 Å². The van der Waals surface area contributed by atoms with Crippen molar-refractivity contribution in [3.8, 4) is 5.75 Å². The van der Waals surface area contributed by atoms with E-state index < -0.39 is 0 Å². The van der Waals surface area contributed by atoms with Gasteiger partial charge in [0.25, 0.3) is 0 Å². The monoisotopic (exact) mass is 345 g/mol. The molecule has 0 saturated heterocycles. The molecule has 2 aromatic carbocycles. The van der Waals surface area contributed by atoms with Crippen LogP contribution in [0.1, 0.15) is 35.2 Å². The zero-order valence-corrected chi connectivity index (χ0v) is 14.5. The molecule has 5 heteroatoms. The van der Waals surface area contributed by atoms with E-state index in [0.29, 0.717) is 34.9 Å². The molecule has 2 rings (SSSR count). The molecule has 0 saturated carbocycles. The van der Waals surface area contributed by atoms with E-state index in [9.17, 15) is 9.59 Å². The van der Waals surface area contributed by atoms with E-state index in [1.54, 1.807) is 24.3 Å². The summed E-state index contributed by atoms with van der Waals surface area (Å²) in [6, 6.07) is 12.5. The van der Waals surface area contributed by atoms with Crippen LogP contribution in [-0.2, 0) is 4.79 Å². The normalized spacial score (nSPS) is 10.3.